The molecule has 1 atom stereocenters. The Kier molecular flexibility index (Phi) is 6.52. The minimum atomic E-state index is -0.180. The highest BCUT2D eigenvalue weighted by molar-refractivity contribution is 7.09. The summed E-state index contributed by atoms with van der Waals surface area (Å²) < 4.78 is 5.17. The molecule has 23 heavy (non-hydrogen) atoms. The van der Waals surface area contributed by atoms with Crippen LogP contribution in [-0.2, 0) is 6.42 Å². The smallest absolute Gasteiger partial charge is 0.315 e. The number of aryl methyl sites for hydroxylation is 1. The van der Waals surface area contributed by atoms with Gasteiger partial charge in [0.2, 0.25) is 5.89 Å². The van der Waals surface area contributed by atoms with Crippen molar-refractivity contribution in [3.8, 4) is 0 Å². The van der Waals surface area contributed by atoms with Crippen LogP contribution in [0.1, 0.15) is 62.3 Å². The predicted molar refractivity (Wildman–Crippen MR) is 88.4 cm³/mol. The number of rotatable bonds is 8. The Morgan fingerprint density at radius 2 is 2.26 bits per heavy atom. The maximum Gasteiger partial charge on any atom is 0.315 e. The van der Waals surface area contributed by atoms with Crippen molar-refractivity contribution in [1.82, 2.24) is 25.8 Å². The number of amides is 2. The maximum atomic E-state index is 11.9. The lowest BCUT2D eigenvalue weighted by Crippen LogP contribution is -2.38. The SMILES string of the molecule is CC[C@H](NC(=O)NCCCc1nc(C(C)C)no1)c1nccs1. The van der Waals surface area contributed by atoms with Crippen molar-refractivity contribution in [2.45, 2.75) is 52.0 Å². The van der Waals surface area contributed by atoms with E-state index in [1.807, 2.05) is 26.2 Å². The van der Waals surface area contributed by atoms with Gasteiger partial charge in [0.1, 0.15) is 5.01 Å². The summed E-state index contributed by atoms with van der Waals surface area (Å²) in [7, 11) is 0. The third-order valence-corrected chi connectivity index (χ3v) is 4.21. The van der Waals surface area contributed by atoms with E-state index in [1.165, 1.54) is 0 Å². The van der Waals surface area contributed by atoms with Gasteiger partial charge in [0.15, 0.2) is 5.82 Å². The highest BCUT2D eigenvalue weighted by Crippen LogP contribution is 2.18. The largest absolute Gasteiger partial charge is 0.339 e. The van der Waals surface area contributed by atoms with Crippen molar-refractivity contribution < 1.29 is 9.32 Å². The molecule has 0 aromatic carbocycles. The molecule has 2 aromatic heterocycles. The first-order valence-corrected chi connectivity index (χ1v) is 8.74. The predicted octanol–water partition coefficient (Wildman–Crippen LogP) is 3.03. The molecule has 0 saturated carbocycles. The van der Waals surface area contributed by atoms with E-state index >= 15 is 0 Å². The Balaban J connectivity index is 1.68. The zero-order valence-electron chi connectivity index (χ0n) is 13.7. The van der Waals surface area contributed by atoms with Crippen LogP contribution in [0.3, 0.4) is 0 Å². The van der Waals surface area contributed by atoms with Gasteiger partial charge in [0.05, 0.1) is 6.04 Å². The van der Waals surface area contributed by atoms with Gasteiger partial charge in [-0.2, -0.15) is 4.98 Å². The van der Waals surface area contributed by atoms with E-state index in [0.29, 0.717) is 18.9 Å². The molecule has 0 bridgehead atoms. The fourth-order valence-electron chi connectivity index (χ4n) is 2.00. The molecule has 0 spiro atoms. The van der Waals surface area contributed by atoms with Crippen molar-refractivity contribution in [2.24, 2.45) is 0 Å². The lowest BCUT2D eigenvalue weighted by molar-refractivity contribution is 0.236. The normalized spacial score (nSPS) is 12.3. The number of carbonyl (C=O) groups excluding carboxylic acids is 1. The van der Waals surface area contributed by atoms with Crippen LogP contribution in [0.5, 0.6) is 0 Å². The topological polar surface area (TPSA) is 92.9 Å². The van der Waals surface area contributed by atoms with Gasteiger partial charge < -0.3 is 15.2 Å². The van der Waals surface area contributed by atoms with E-state index in [-0.39, 0.29) is 18.0 Å². The standard InChI is InChI=1S/C15H23N5O2S/c1-4-11(14-16-8-9-23-14)18-15(21)17-7-5-6-12-19-13(10(2)3)20-22-12/h8-11H,4-7H2,1-3H3,(H2,17,18,21)/t11-/m0/s1. The minimum Gasteiger partial charge on any atom is -0.339 e. The van der Waals surface area contributed by atoms with Crippen molar-refractivity contribution in [2.75, 3.05) is 6.54 Å². The molecule has 0 saturated heterocycles. The highest BCUT2D eigenvalue weighted by Gasteiger charge is 2.14. The van der Waals surface area contributed by atoms with E-state index in [1.54, 1.807) is 17.5 Å². The molecule has 0 fully saturated rings. The number of aromatic nitrogens is 3. The molecule has 8 heteroatoms. The molecule has 0 aliphatic rings. The average molecular weight is 337 g/mol. The van der Waals surface area contributed by atoms with Gasteiger partial charge in [-0.3, -0.25) is 0 Å². The van der Waals surface area contributed by atoms with Gasteiger partial charge in [-0.25, -0.2) is 9.78 Å². The van der Waals surface area contributed by atoms with Gasteiger partial charge >= 0.3 is 6.03 Å². The number of nitrogens with zero attached hydrogens (tertiary/aromatic N) is 3. The molecule has 2 N–H and O–H groups in total. The second kappa shape index (κ2) is 8.61. The van der Waals surface area contributed by atoms with Crippen LogP contribution in [0.15, 0.2) is 16.1 Å². The first-order valence-electron chi connectivity index (χ1n) is 7.86. The Morgan fingerprint density at radius 3 is 2.87 bits per heavy atom. The van der Waals surface area contributed by atoms with E-state index < -0.39 is 0 Å². The zero-order valence-corrected chi connectivity index (χ0v) is 14.5. The summed E-state index contributed by atoms with van der Waals surface area (Å²) in [6.07, 6.45) is 3.96. The van der Waals surface area contributed by atoms with Crippen molar-refractivity contribution in [3.05, 3.63) is 28.3 Å². The van der Waals surface area contributed by atoms with E-state index in [4.69, 9.17) is 4.52 Å². The van der Waals surface area contributed by atoms with E-state index in [0.717, 1.165) is 23.7 Å². The fraction of sp³-hybridized carbons (Fsp3) is 0.600. The highest BCUT2D eigenvalue weighted by atomic mass is 32.1. The van der Waals surface area contributed by atoms with Crippen LogP contribution >= 0.6 is 11.3 Å². The van der Waals surface area contributed by atoms with Crippen molar-refractivity contribution >= 4 is 17.4 Å². The fourth-order valence-corrected chi connectivity index (χ4v) is 2.77. The minimum absolute atomic E-state index is 0.0421. The number of thiazole rings is 1. The summed E-state index contributed by atoms with van der Waals surface area (Å²) in [5.74, 6) is 1.60. The summed E-state index contributed by atoms with van der Waals surface area (Å²) in [6.45, 7) is 6.62. The second-order valence-electron chi connectivity index (χ2n) is 5.54. The summed E-state index contributed by atoms with van der Waals surface area (Å²) in [4.78, 5) is 20.5. The molecule has 2 amide bonds. The third-order valence-electron chi connectivity index (χ3n) is 3.32. The van der Waals surface area contributed by atoms with Crippen molar-refractivity contribution in [3.63, 3.8) is 0 Å². The average Bonchev–Trinajstić information content (AvgIpc) is 3.20. The van der Waals surface area contributed by atoms with Gasteiger partial charge in [-0.15, -0.1) is 11.3 Å². The molecule has 2 aromatic rings. The first kappa shape index (κ1) is 17.4. The second-order valence-corrected chi connectivity index (χ2v) is 6.46. The summed E-state index contributed by atoms with van der Waals surface area (Å²) in [6, 6.07) is -0.222. The van der Waals surface area contributed by atoms with Gasteiger partial charge in [-0.05, 0) is 12.8 Å². The van der Waals surface area contributed by atoms with Crippen LogP contribution in [0.4, 0.5) is 4.79 Å². The maximum absolute atomic E-state index is 11.9. The number of nitrogens with one attached hydrogen (secondary N) is 2. The Labute approximate surface area is 139 Å². The molecular weight excluding hydrogens is 314 g/mol. The van der Waals surface area contributed by atoms with Crippen LogP contribution in [0, 0.1) is 0 Å². The molecule has 126 valence electrons. The molecule has 2 rings (SSSR count). The Hall–Kier alpha value is -1.96. The summed E-state index contributed by atoms with van der Waals surface area (Å²) in [5, 5.41) is 12.5. The van der Waals surface area contributed by atoms with Crippen molar-refractivity contribution in [1.29, 1.82) is 0 Å². The van der Waals surface area contributed by atoms with Gasteiger partial charge in [0.25, 0.3) is 0 Å². The lowest BCUT2D eigenvalue weighted by Gasteiger charge is -2.14. The third kappa shape index (κ3) is 5.31. The molecule has 0 radical (unpaired) electrons. The number of hydrogen-bond acceptors (Lipinski definition) is 6. The Bertz CT molecular complexity index is 597. The van der Waals surface area contributed by atoms with Crippen LogP contribution in [0.2, 0.25) is 0 Å². The van der Waals surface area contributed by atoms with Crippen LogP contribution in [0.25, 0.3) is 0 Å². The van der Waals surface area contributed by atoms with E-state index in [2.05, 4.69) is 25.8 Å². The molecule has 0 unspecified atom stereocenters. The number of carbonyl (C=O) groups is 1. The molecule has 0 aliphatic carbocycles. The molecule has 0 aliphatic heterocycles. The first-order chi connectivity index (χ1) is 11.1. The molecule has 2 heterocycles. The molecular formula is C15H23N5O2S. The van der Waals surface area contributed by atoms with Crippen LogP contribution in [-0.4, -0.2) is 27.7 Å². The lowest BCUT2D eigenvalue weighted by atomic mass is 10.2. The van der Waals surface area contributed by atoms with Gasteiger partial charge in [0, 0.05) is 30.5 Å². The monoisotopic (exact) mass is 337 g/mol. The van der Waals surface area contributed by atoms with E-state index in [9.17, 15) is 4.79 Å². The summed E-state index contributed by atoms with van der Waals surface area (Å²) in [5.41, 5.74) is 0. The summed E-state index contributed by atoms with van der Waals surface area (Å²) >= 11 is 1.55. The number of hydrogen-bond donors (Lipinski definition) is 2. The zero-order chi connectivity index (χ0) is 16.7. The molecule has 7 nitrogen and oxygen atoms in total. The van der Waals surface area contributed by atoms with Gasteiger partial charge in [-0.1, -0.05) is 25.9 Å². The van der Waals surface area contributed by atoms with Crippen LogP contribution < -0.4 is 10.6 Å². The number of urea groups is 1. The quantitative estimate of drug-likeness (QED) is 0.722. The Morgan fingerprint density at radius 1 is 1.43 bits per heavy atom.